The lowest BCUT2D eigenvalue weighted by molar-refractivity contribution is 0.102. The van der Waals surface area contributed by atoms with Crippen molar-refractivity contribution in [3.05, 3.63) is 83.2 Å². The van der Waals surface area contributed by atoms with Crippen molar-refractivity contribution in [3.8, 4) is 0 Å². The number of aromatic nitrogens is 1. The van der Waals surface area contributed by atoms with E-state index in [1.165, 1.54) is 12.3 Å². The molecule has 3 aromatic rings. The Labute approximate surface area is 170 Å². The Morgan fingerprint density at radius 3 is 2.24 bits per heavy atom. The van der Waals surface area contributed by atoms with Crippen molar-refractivity contribution in [2.24, 2.45) is 0 Å². The first-order valence-electron chi connectivity index (χ1n) is 9.27. The van der Waals surface area contributed by atoms with Crippen LogP contribution < -0.4 is 15.5 Å². The summed E-state index contributed by atoms with van der Waals surface area (Å²) in [5, 5.41) is 5.69. The van der Waals surface area contributed by atoms with Crippen molar-refractivity contribution < 1.29 is 9.59 Å². The molecular weight excluding hydrogens is 364 g/mol. The Balaban J connectivity index is 1.72. The monoisotopic (exact) mass is 388 g/mol. The van der Waals surface area contributed by atoms with Gasteiger partial charge in [-0.1, -0.05) is 17.7 Å². The molecule has 0 aliphatic carbocycles. The van der Waals surface area contributed by atoms with Gasteiger partial charge in [-0.3, -0.25) is 14.6 Å². The lowest BCUT2D eigenvalue weighted by Gasteiger charge is -2.13. The second kappa shape index (κ2) is 8.56. The zero-order valence-corrected chi connectivity index (χ0v) is 17.0. The van der Waals surface area contributed by atoms with Crippen molar-refractivity contribution in [1.29, 1.82) is 0 Å². The van der Waals surface area contributed by atoms with Crippen LogP contribution in [0.1, 0.15) is 32.0 Å². The van der Waals surface area contributed by atoms with Crippen molar-refractivity contribution in [1.82, 2.24) is 4.98 Å². The number of benzene rings is 2. The van der Waals surface area contributed by atoms with E-state index in [4.69, 9.17) is 0 Å². The first-order chi connectivity index (χ1) is 13.8. The van der Waals surface area contributed by atoms with E-state index in [9.17, 15) is 9.59 Å². The van der Waals surface area contributed by atoms with Crippen molar-refractivity contribution in [2.75, 3.05) is 29.6 Å². The molecule has 6 nitrogen and oxygen atoms in total. The van der Waals surface area contributed by atoms with E-state index in [1.54, 1.807) is 6.07 Å². The van der Waals surface area contributed by atoms with Gasteiger partial charge in [0.15, 0.2) is 0 Å². The van der Waals surface area contributed by atoms with E-state index < -0.39 is 0 Å². The third-order valence-corrected chi connectivity index (χ3v) is 4.53. The molecule has 1 heterocycles. The fourth-order valence-corrected chi connectivity index (χ4v) is 2.88. The van der Waals surface area contributed by atoms with Crippen LogP contribution in [0.25, 0.3) is 0 Å². The highest BCUT2D eigenvalue weighted by molar-refractivity contribution is 6.08. The van der Waals surface area contributed by atoms with Gasteiger partial charge in [0.05, 0.1) is 0 Å². The fourth-order valence-electron chi connectivity index (χ4n) is 2.88. The highest BCUT2D eigenvalue weighted by atomic mass is 16.2. The number of aryl methyl sites for hydroxylation is 2. The fraction of sp³-hybridized carbons (Fsp3) is 0.174. The van der Waals surface area contributed by atoms with Crippen LogP contribution in [0.4, 0.5) is 17.1 Å². The van der Waals surface area contributed by atoms with Gasteiger partial charge in [-0.2, -0.15) is 0 Å². The van der Waals surface area contributed by atoms with Crippen LogP contribution in [-0.4, -0.2) is 30.9 Å². The largest absolute Gasteiger partial charge is 0.378 e. The van der Waals surface area contributed by atoms with Crippen LogP contribution in [0.2, 0.25) is 0 Å². The molecule has 3 rings (SSSR count). The van der Waals surface area contributed by atoms with Crippen LogP contribution in [0, 0.1) is 13.8 Å². The summed E-state index contributed by atoms with van der Waals surface area (Å²) in [4.78, 5) is 31.2. The number of carbonyl (C=O) groups excluding carboxylic acids is 2. The minimum atomic E-state index is -0.359. The molecule has 0 saturated heterocycles. The summed E-state index contributed by atoms with van der Waals surface area (Å²) < 4.78 is 0. The molecule has 0 aliphatic rings. The highest BCUT2D eigenvalue weighted by Crippen LogP contribution is 2.18. The van der Waals surface area contributed by atoms with Gasteiger partial charge in [-0.05, 0) is 61.9 Å². The van der Waals surface area contributed by atoms with E-state index in [0.717, 1.165) is 22.5 Å². The standard InChI is InChI=1S/C23H24N4O2/c1-15-5-10-20(16(2)13-15)26-23(29)21-14-17(11-12-24-21)22(28)25-18-6-8-19(9-7-18)27(3)4/h5-14H,1-4H3,(H,25,28)(H,26,29). The average Bonchev–Trinajstić information content (AvgIpc) is 2.70. The van der Waals surface area contributed by atoms with Gasteiger partial charge in [0.2, 0.25) is 0 Å². The third-order valence-electron chi connectivity index (χ3n) is 4.53. The minimum Gasteiger partial charge on any atom is -0.378 e. The Kier molecular flexibility index (Phi) is 5.93. The number of rotatable bonds is 5. The molecule has 0 aliphatic heterocycles. The maximum Gasteiger partial charge on any atom is 0.274 e. The molecule has 1 aromatic heterocycles. The normalized spacial score (nSPS) is 10.3. The SMILES string of the molecule is Cc1ccc(NC(=O)c2cc(C(=O)Nc3ccc(N(C)C)cc3)ccn2)c(C)c1. The molecule has 0 saturated carbocycles. The Morgan fingerprint density at radius 2 is 1.59 bits per heavy atom. The molecule has 0 spiro atoms. The predicted molar refractivity (Wildman–Crippen MR) is 117 cm³/mol. The average molecular weight is 388 g/mol. The molecule has 6 heteroatoms. The number of amides is 2. The van der Waals surface area contributed by atoms with E-state index in [-0.39, 0.29) is 17.5 Å². The third kappa shape index (κ3) is 4.99. The van der Waals surface area contributed by atoms with Crippen LogP contribution in [-0.2, 0) is 0 Å². The van der Waals surface area contributed by atoms with Gasteiger partial charge >= 0.3 is 0 Å². The van der Waals surface area contributed by atoms with Gasteiger partial charge in [0.1, 0.15) is 5.69 Å². The second-order valence-corrected chi connectivity index (χ2v) is 7.10. The molecule has 0 atom stereocenters. The van der Waals surface area contributed by atoms with Gasteiger partial charge in [-0.25, -0.2) is 0 Å². The molecule has 2 N–H and O–H groups in total. The minimum absolute atomic E-state index is 0.181. The van der Waals surface area contributed by atoms with Crippen molar-refractivity contribution in [3.63, 3.8) is 0 Å². The Morgan fingerprint density at radius 1 is 0.862 bits per heavy atom. The van der Waals surface area contributed by atoms with Crippen LogP contribution in [0.5, 0.6) is 0 Å². The molecular formula is C23H24N4O2. The van der Waals surface area contributed by atoms with E-state index >= 15 is 0 Å². The molecule has 0 bridgehead atoms. The first kappa shape index (κ1) is 20.1. The molecule has 2 amide bonds. The molecule has 29 heavy (non-hydrogen) atoms. The summed E-state index contributed by atoms with van der Waals surface area (Å²) in [5.74, 6) is -0.660. The molecule has 0 radical (unpaired) electrons. The van der Waals surface area contributed by atoms with E-state index in [1.807, 2.05) is 75.3 Å². The van der Waals surface area contributed by atoms with Gasteiger partial charge in [-0.15, -0.1) is 0 Å². The maximum atomic E-state index is 12.6. The van der Waals surface area contributed by atoms with Gasteiger partial charge < -0.3 is 15.5 Å². The van der Waals surface area contributed by atoms with Crippen molar-refractivity contribution in [2.45, 2.75) is 13.8 Å². The lowest BCUT2D eigenvalue weighted by atomic mass is 10.1. The number of hydrogen-bond acceptors (Lipinski definition) is 4. The van der Waals surface area contributed by atoms with E-state index in [2.05, 4.69) is 15.6 Å². The first-order valence-corrected chi connectivity index (χ1v) is 9.27. The lowest BCUT2D eigenvalue weighted by Crippen LogP contribution is -2.17. The Bertz CT molecular complexity index is 1040. The van der Waals surface area contributed by atoms with E-state index in [0.29, 0.717) is 11.3 Å². The highest BCUT2D eigenvalue weighted by Gasteiger charge is 2.13. The predicted octanol–water partition coefficient (Wildman–Crippen LogP) is 4.27. The summed E-state index contributed by atoms with van der Waals surface area (Å²) in [6.45, 7) is 3.93. The quantitative estimate of drug-likeness (QED) is 0.685. The summed E-state index contributed by atoms with van der Waals surface area (Å²) in [6, 6.07) is 16.4. The number of nitrogens with zero attached hydrogens (tertiary/aromatic N) is 2. The number of carbonyl (C=O) groups is 2. The zero-order valence-electron chi connectivity index (χ0n) is 17.0. The summed E-state index contributed by atoms with van der Waals surface area (Å²) >= 11 is 0. The second-order valence-electron chi connectivity index (χ2n) is 7.10. The smallest absolute Gasteiger partial charge is 0.274 e. The van der Waals surface area contributed by atoms with Gasteiger partial charge in [0, 0.05) is 42.9 Å². The van der Waals surface area contributed by atoms with Gasteiger partial charge in [0.25, 0.3) is 11.8 Å². The summed E-state index contributed by atoms with van der Waals surface area (Å²) in [7, 11) is 3.91. The van der Waals surface area contributed by atoms with Crippen LogP contribution >= 0.6 is 0 Å². The number of nitrogens with one attached hydrogen (secondary N) is 2. The topological polar surface area (TPSA) is 74.3 Å². The number of pyridine rings is 1. The zero-order chi connectivity index (χ0) is 21.0. The van der Waals surface area contributed by atoms with Crippen LogP contribution in [0.3, 0.4) is 0 Å². The Hall–Kier alpha value is -3.67. The number of anilines is 3. The van der Waals surface area contributed by atoms with Crippen LogP contribution in [0.15, 0.2) is 60.8 Å². The summed E-state index contributed by atoms with van der Waals surface area (Å²) in [6.07, 6.45) is 1.46. The maximum absolute atomic E-state index is 12.6. The molecule has 0 fully saturated rings. The molecule has 148 valence electrons. The summed E-state index contributed by atoms with van der Waals surface area (Å²) in [5.41, 5.74) is 5.07. The van der Waals surface area contributed by atoms with Crippen molar-refractivity contribution >= 4 is 28.9 Å². The molecule has 0 unspecified atom stereocenters. The number of hydrogen-bond donors (Lipinski definition) is 2. The molecule has 2 aromatic carbocycles.